The van der Waals surface area contributed by atoms with Gasteiger partial charge in [-0.25, -0.2) is 4.98 Å². The number of ether oxygens (including phenoxy) is 1. The number of hydrogen-bond donors (Lipinski definition) is 1. The lowest BCUT2D eigenvalue weighted by molar-refractivity contribution is 0.199. The first-order valence-electron chi connectivity index (χ1n) is 6.22. The van der Waals surface area contributed by atoms with Gasteiger partial charge >= 0.3 is 0 Å². The summed E-state index contributed by atoms with van der Waals surface area (Å²) in [6.45, 7) is 3.17. The van der Waals surface area contributed by atoms with Gasteiger partial charge in [0, 0.05) is 37.4 Å². The molecule has 1 N–H and O–H groups in total. The highest BCUT2D eigenvalue weighted by Gasteiger charge is 2.00. The normalized spacial score (nSPS) is 10.8. The Morgan fingerprint density at radius 2 is 2.32 bits per heavy atom. The lowest BCUT2D eigenvalue weighted by atomic mass is 10.2. The van der Waals surface area contributed by atoms with Crippen molar-refractivity contribution in [3.05, 3.63) is 52.5 Å². The molecule has 5 heteroatoms. The molecule has 19 heavy (non-hydrogen) atoms. The number of imidazole rings is 1. The molecular weight excluding hydrogens is 306 g/mol. The first-order chi connectivity index (χ1) is 9.28. The van der Waals surface area contributed by atoms with E-state index < -0.39 is 0 Å². The highest BCUT2D eigenvalue weighted by Crippen LogP contribution is 2.12. The Balaban J connectivity index is 1.87. The summed E-state index contributed by atoms with van der Waals surface area (Å²) in [7, 11) is 1.70. The van der Waals surface area contributed by atoms with Gasteiger partial charge in [-0.1, -0.05) is 28.1 Å². The van der Waals surface area contributed by atoms with Crippen LogP contribution < -0.4 is 5.32 Å². The molecule has 0 atom stereocenters. The van der Waals surface area contributed by atoms with Crippen LogP contribution in [0.1, 0.15) is 11.3 Å². The van der Waals surface area contributed by atoms with Crippen molar-refractivity contribution in [2.24, 2.45) is 0 Å². The number of aromatic nitrogens is 2. The molecule has 1 heterocycles. The predicted molar refractivity (Wildman–Crippen MR) is 79.1 cm³/mol. The maximum atomic E-state index is 4.98. The Bertz CT molecular complexity index is 513. The fourth-order valence-corrected chi connectivity index (χ4v) is 2.27. The Morgan fingerprint density at radius 3 is 3.11 bits per heavy atom. The molecule has 0 saturated heterocycles. The van der Waals surface area contributed by atoms with Crippen LogP contribution in [0, 0.1) is 0 Å². The SMILES string of the molecule is COCCNCc1cn(Cc2cccc(Br)c2)cn1. The third-order valence-corrected chi connectivity index (χ3v) is 3.22. The fourth-order valence-electron chi connectivity index (χ4n) is 1.82. The summed E-state index contributed by atoms with van der Waals surface area (Å²) in [5.41, 5.74) is 2.30. The van der Waals surface area contributed by atoms with Crippen LogP contribution in [0.4, 0.5) is 0 Å². The van der Waals surface area contributed by atoms with Crippen molar-refractivity contribution < 1.29 is 4.74 Å². The van der Waals surface area contributed by atoms with Crippen molar-refractivity contribution in [1.29, 1.82) is 0 Å². The van der Waals surface area contributed by atoms with Crippen LogP contribution in [0.25, 0.3) is 0 Å². The average Bonchev–Trinajstić information content (AvgIpc) is 2.82. The summed E-state index contributed by atoms with van der Waals surface area (Å²) in [6, 6.07) is 8.31. The molecule has 1 aromatic heterocycles. The van der Waals surface area contributed by atoms with Crippen LogP contribution in [-0.2, 0) is 17.8 Å². The van der Waals surface area contributed by atoms with Crippen molar-refractivity contribution in [2.45, 2.75) is 13.1 Å². The van der Waals surface area contributed by atoms with Gasteiger partial charge in [-0.3, -0.25) is 0 Å². The van der Waals surface area contributed by atoms with E-state index in [4.69, 9.17) is 4.74 Å². The van der Waals surface area contributed by atoms with Crippen LogP contribution in [0.2, 0.25) is 0 Å². The lowest BCUT2D eigenvalue weighted by Gasteiger charge is -2.03. The predicted octanol–water partition coefficient (Wildman–Crippen LogP) is 2.43. The molecule has 0 bridgehead atoms. The highest BCUT2D eigenvalue weighted by molar-refractivity contribution is 9.10. The molecule has 0 saturated carbocycles. The molecule has 0 aliphatic heterocycles. The maximum Gasteiger partial charge on any atom is 0.0953 e. The molecule has 102 valence electrons. The fraction of sp³-hybridized carbons (Fsp3) is 0.357. The van der Waals surface area contributed by atoms with Crippen molar-refractivity contribution in [1.82, 2.24) is 14.9 Å². The molecule has 0 aliphatic rings. The van der Waals surface area contributed by atoms with Crippen molar-refractivity contribution >= 4 is 15.9 Å². The Labute approximate surface area is 121 Å². The van der Waals surface area contributed by atoms with Gasteiger partial charge < -0.3 is 14.6 Å². The minimum Gasteiger partial charge on any atom is -0.383 e. The first-order valence-corrected chi connectivity index (χ1v) is 7.02. The van der Waals surface area contributed by atoms with E-state index in [1.807, 2.05) is 18.5 Å². The number of methoxy groups -OCH3 is 1. The topological polar surface area (TPSA) is 39.1 Å². The van der Waals surface area contributed by atoms with Crippen molar-refractivity contribution in [2.75, 3.05) is 20.3 Å². The van der Waals surface area contributed by atoms with Gasteiger partial charge in [0.25, 0.3) is 0 Å². The Kier molecular flexibility index (Phi) is 5.57. The van der Waals surface area contributed by atoms with E-state index in [2.05, 4.69) is 49.1 Å². The number of benzene rings is 1. The van der Waals surface area contributed by atoms with Crippen LogP contribution in [0.3, 0.4) is 0 Å². The van der Waals surface area contributed by atoms with Crippen molar-refractivity contribution in [3.63, 3.8) is 0 Å². The van der Waals surface area contributed by atoms with Crippen LogP contribution in [0.15, 0.2) is 41.3 Å². The zero-order valence-electron chi connectivity index (χ0n) is 11.0. The first kappa shape index (κ1) is 14.2. The summed E-state index contributed by atoms with van der Waals surface area (Å²) >= 11 is 3.48. The Hall–Kier alpha value is -1.17. The molecule has 0 fully saturated rings. The van der Waals surface area contributed by atoms with E-state index >= 15 is 0 Å². The molecule has 4 nitrogen and oxygen atoms in total. The molecule has 0 unspecified atom stereocenters. The molecule has 0 amide bonds. The van der Waals surface area contributed by atoms with Gasteiger partial charge in [0.05, 0.1) is 18.6 Å². The van der Waals surface area contributed by atoms with Crippen LogP contribution in [0.5, 0.6) is 0 Å². The number of hydrogen-bond acceptors (Lipinski definition) is 3. The van der Waals surface area contributed by atoms with Gasteiger partial charge in [-0.2, -0.15) is 0 Å². The summed E-state index contributed by atoms with van der Waals surface area (Å²) in [6.07, 6.45) is 3.94. The second-order valence-corrected chi connectivity index (χ2v) is 5.25. The summed E-state index contributed by atoms with van der Waals surface area (Å²) in [5.74, 6) is 0. The van der Waals surface area contributed by atoms with Gasteiger partial charge in [-0.05, 0) is 17.7 Å². The van der Waals surface area contributed by atoms with E-state index in [0.717, 1.165) is 36.4 Å². The monoisotopic (exact) mass is 323 g/mol. The standard InChI is InChI=1S/C14H18BrN3O/c1-19-6-5-16-8-14-10-18(11-17-14)9-12-3-2-4-13(15)7-12/h2-4,7,10-11,16H,5-6,8-9H2,1H3. The van der Waals surface area contributed by atoms with Gasteiger partial charge in [0.2, 0.25) is 0 Å². The van der Waals surface area contributed by atoms with Gasteiger partial charge in [-0.15, -0.1) is 0 Å². The van der Waals surface area contributed by atoms with Crippen LogP contribution in [-0.4, -0.2) is 29.8 Å². The summed E-state index contributed by atoms with van der Waals surface area (Å²) in [5, 5.41) is 3.28. The van der Waals surface area contributed by atoms with E-state index in [9.17, 15) is 0 Å². The lowest BCUT2D eigenvalue weighted by Crippen LogP contribution is -2.18. The second-order valence-electron chi connectivity index (χ2n) is 4.34. The molecular formula is C14H18BrN3O. The number of rotatable bonds is 7. The minimum absolute atomic E-state index is 0.721. The second kappa shape index (κ2) is 7.43. The minimum atomic E-state index is 0.721. The molecule has 2 aromatic rings. The zero-order chi connectivity index (χ0) is 13.5. The van der Waals surface area contributed by atoms with Crippen LogP contribution >= 0.6 is 15.9 Å². The molecule has 0 spiro atoms. The van der Waals surface area contributed by atoms with E-state index in [1.165, 1.54) is 5.56 Å². The average molecular weight is 324 g/mol. The third kappa shape index (κ3) is 4.78. The number of nitrogens with zero attached hydrogens (tertiary/aromatic N) is 2. The number of halogens is 1. The van der Waals surface area contributed by atoms with E-state index in [-0.39, 0.29) is 0 Å². The van der Waals surface area contributed by atoms with Gasteiger partial charge in [0.1, 0.15) is 0 Å². The third-order valence-electron chi connectivity index (χ3n) is 2.73. The molecule has 0 radical (unpaired) electrons. The maximum absolute atomic E-state index is 4.98. The summed E-state index contributed by atoms with van der Waals surface area (Å²) < 4.78 is 8.18. The zero-order valence-corrected chi connectivity index (χ0v) is 12.6. The van der Waals surface area contributed by atoms with Gasteiger partial charge in [0.15, 0.2) is 0 Å². The quantitative estimate of drug-likeness (QED) is 0.795. The molecule has 2 rings (SSSR count). The van der Waals surface area contributed by atoms with E-state index in [1.54, 1.807) is 7.11 Å². The smallest absolute Gasteiger partial charge is 0.0953 e. The van der Waals surface area contributed by atoms with Crippen molar-refractivity contribution in [3.8, 4) is 0 Å². The summed E-state index contributed by atoms with van der Waals surface area (Å²) in [4.78, 5) is 4.38. The number of nitrogens with one attached hydrogen (secondary N) is 1. The Morgan fingerprint density at radius 1 is 1.42 bits per heavy atom. The highest BCUT2D eigenvalue weighted by atomic mass is 79.9. The molecule has 1 aromatic carbocycles. The largest absolute Gasteiger partial charge is 0.383 e. The molecule has 0 aliphatic carbocycles. The van der Waals surface area contributed by atoms with E-state index in [0.29, 0.717) is 0 Å².